The summed E-state index contributed by atoms with van der Waals surface area (Å²) in [4.78, 5) is 42.2. The van der Waals surface area contributed by atoms with E-state index in [1.807, 2.05) is 43.3 Å². The maximum atomic E-state index is 13.4. The van der Waals surface area contributed by atoms with Crippen molar-refractivity contribution < 1.29 is 28.6 Å². The Balaban J connectivity index is 1.40. The van der Waals surface area contributed by atoms with E-state index < -0.39 is 17.9 Å². The number of nitrogens with zero attached hydrogens (tertiary/aromatic N) is 2. The van der Waals surface area contributed by atoms with Crippen molar-refractivity contribution in [3.63, 3.8) is 0 Å². The van der Waals surface area contributed by atoms with Crippen LogP contribution in [0, 0.1) is 6.92 Å². The molecule has 0 N–H and O–H groups in total. The first-order chi connectivity index (χ1) is 17.0. The molecule has 0 saturated carbocycles. The number of imide groups is 1. The lowest BCUT2D eigenvalue weighted by Gasteiger charge is -2.28. The topological polar surface area (TPSA) is 85.4 Å². The molecule has 1 saturated heterocycles. The molecule has 0 aliphatic carbocycles. The van der Waals surface area contributed by atoms with Crippen LogP contribution >= 0.6 is 0 Å². The number of carbonyl (C=O) groups is 3. The van der Waals surface area contributed by atoms with E-state index in [2.05, 4.69) is 0 Å². The van der Waals surface area contributed by atoms with Gasteiger partial charge in [0.1, 0.15) is 11.8 Å². The molecule has 0 bridgehead atoms. The number of hydrogen-bond acceptors (Lipinski definition) is 6. The third-order valence-electron chi connectivity index (χ3n) is 6.01. The van der Waals surface area contributed by atoms with E-state index >= 15 is 0 Å². The predicted octanol–water partition coefficient (Wildman–Crippen LogP) is 3.46. The van der Waals surface area contributed by atoms with Gasteiger partial charge in [-0.3, -0.25) is 14.4 Å². The molecule has 1 unspecified atom stereocenters. The van der Waals surface area contributed by atoms with Crippen LogP contribution in [0.25, 0.3) is 0 Å². The summed E-state index contributed by atoms with van der Waals surface area (Å²) in [6, 6.07) is 20.5. The Labute approximate surface area is 202 Å². The second kappa shape index (κ2) is 9.50. The van der Waals surface area contributed by atoms with Crippen molar-refractivity contribution in [1.82, 2.24) is 4.90 Å². The minimum atomic E-state index is -0.943. The molecule has 3 aromatic carbocycles. The lowest BCUT2D eigenvalue weighted by Crippen LogP contribution is -2.46. The Hall–Kier alpha value is -4.33. The number of ether oxygens (including phenoxy) is 3. The van der Waals surface area contributed by atoms with Gasteiger partial charge < -0.3 is 19.1 Å². The molecular formula is C27H24N2O6. The summed E-state index contributed by atoms with van der Waals surface area (Å²) in [5.41, 5.74) is 2.25. The second-order valence-electron chi connectivity index (χ2n) is 8.43. The molecule has 35 heavy (non-hydrogen) atoms. The lowest BCUT2D eigenvalue weighted by atomic mass is 10.1. The Morgan fingerprint density at radius 2 is 1.74 bits per heavy atom. The highest BCUT2D eigenvalue weighted by atomic mass is 16.7. The van der Waals surface area contributed by atoms with E-state index in [9.17, 15) is 14.4 Å². The van der Waals surface area contributed by atoms with Crippen LogP contribution in [0.4, 0.5) is 5.69 Å². The van der Waals surface area contributed by atoms with Crippen LogP contribution in [0.3, 0.4) is 0 Å². The average Bonchev–Trinajstić information content (AvgIpc) is 3.45. The Bertz CT molecular complexity index is 1260. The van der Waals surface area contributed by atoms with Gasteiger partial charge in [0.15, 0.2) is 18.1 Å². The van der Waals surface area contributed by atoms with Gasteiger partial charge in [0.2, 0.25) is 12.7 Å². The van der Waals surface area contributed by atoms with E-state index in [0.717, 1.165) is 16.0 Å². The molecule has 8 nitrogen and oxygen atoms in total. The summed E-state index contributed by atoms with van der Waals surface area (Å²) >= 11 is 0. The van der Waals surface area contributed by atoms with Crippen molar-refractivity contribution in [1.29, 1.82) is 0 Å². The van der Waals surface area contributed by atoms with Crippen LogP contribution in [0.1, 0.15) is 17.5 Å². The first-order valence-corrected chi connectivity index (χ1v) is 11.3. The van der Waals surface area contributed by atoms with Gasteiger partial charge in [-0.1, -0.05) is 42.0 Å². The van der Waals surface area contributed by atoms with Gasteiger partial charge in [-0.15, -0.1) is 0 Å². The molecule has 0 radical (unpaired) electrons. The zero-order chi connectivity index (χ0) is 24.4. The van der Waals surface area contributed by atoms with Gasteiger partial charge in [0, 0.05) is 6.54 Å². The number of anilines is 1. The molecule has 0 aromatic heterocycles. The molecule has 2 aliphatic heterocycles. The van der Waals surface area contributed by atoms with Crippen LogP contribution in [-0.4, -0.2) is 42.1 Å². The maximum Gasteiger partial charge on any atom is 0.261 e. The smallest absolute Gasteiger partial charge is 0.261 e. The summed E-state index contributed by atoms with van der Waals surface area (Å²) in [5.74, 6) is 0.550. The summed E-state index contributed by atoms with van der Waals surface area (Å²) in [6.07, 6.45) is -0.103. The highest BCUT2D eigenvalue weighted by Gasteiger charge is 2.44. The predicted molar refractivity (Wildman–Crippen MR) is 127 cm³/mol. The molecule has 2 aliphatic rings. The van der Waals surface area contributed by atoms with Crippen LogP contribution < -0.4 is 19.1 Å². The van der Waals surface area contributed by atoms with E-state index in [1.54, 1.807) is 36.4 Å². The quantitative estimate of drug-likeness (QED) is 0.490. The normalized spacial score (nSPS) is 16.5. The molecule has 2 heterocycles. The van der Waals surface area contributed by atoms with Crippen LogP contribution in [0.2, 0.25) is 0 Å². The largest absolute Gasteiger partial charge is 0.484 e. The molecule has 8 heteroatoms. The Morgan fingerprint density at radius 1 is 1.00 bits per heavy atom. The van der Waals surface area contributed by atoms with Gasteiger partial charge in [-0.25, -0.2) is 4.90 Å². The Morgan fingerprint density at radius 3 is 2.51 bits per heavy atom. The third-order valence-corrected chi connectivity index (χ3v) is 6.01. The first-order valence-electron chi connectivity index (χ1n) is 11.3. The molecule has 3 aromatic rings. The van der Waals surface area contributed by atoms with E-state index in [4.69, 9.17) is 14.2 Å². The van der Waals surface area contributed by atoms with Crippen molar-refractivity contribution in [2.75, 3.05) is 18.3 Å². The number of amides is 3. The lowest BCUT2D eigenvalue weighted by molar-refractivity contribution is -0.140. The maximum absolute atomic E-state index is 13.4. The number of rotatable bonds is 7. The van der Waals surface area contributed by atoms with Gasteiger partial charge >= 0.3 is 0 Å². The minimum Gasteiger partial charge on any atom is -0.484 e. The summed E-state index contributed by atoms with van der Waals surface area (Å²) in [5, 5.41) is 0. The fourth-order valence-electron chi connectivity index (χ4n) is 4.18. The fourth-order valence-corrected chi connectivity index (χ4v) is 4.18. The van der Waals surface area contributed by atoms with Gasteiger partial charge in [0.05, 0.1) is 12.1 Å². The zero-order valence-corrected chi connectivity index (χ0v) is 19.2. The third kappa shape index (κ3) is 4.68. The molecule has 3 amide bonds. The SMILES string of the molecule is Cc1ccc(N2C(=O)CC(N(Cc3ccc4c(c3)OCO4)C(=O)COc3ccccc3)C2=O)cc1. The Kier molecular flexibility index (Phi) is 6.10. The van der Waals surface area contributed by atoms with Crippen molar-refractivity contribution >= 4 is 23.4 Å². The van der Waals surface area contributed by atoms with Gasteiger partial charge in [-0.05, 0) is 48.9 Å². The number of benzene rings is 3. The number of para-hydroxylation sites is 1. The minimum absolute atomic E-state index is 0.103. The zero-order valence-electron chi connectivity index (χ0n) is 19.2. The number of aryl methyl sites for hydroxylation is 1. The summed E-state index contributed by atoms with van der Waals surface area (Å²) in [6.45, 7) is 1.91. The molecule has 1 fully saturated rings. The summed E-state index contributed by atoms with van der Waals surface area (Å²) < 4.78 is 16.5. The molecule has 178 valence electrons. The van der Waals surface area contributed by atoms with Gasteiger partial charge in [-0.2, -0.15) is 0 Å². The highest BCUT2D eigenvalue weighted by molar-refractivity contribution is 6.23. The van der Waals surface area contributed by atoms with Crippen molar-refractivity contribution in [3.05, 3.63) is 83.9 Å². The van der Waals surface area contributed by atoms with Crippen LogP contribution in [0.5, 0.6) is 17.2 Å². The standard InChI is InChI=1S/C27H24N2O6/c1-18-7-10-20(11-8-18)29-25(30)14-22(27(29)32)28(26(31)16-33-21-5-3-2-4-6-21)15-19-9-12-23-24(13-19)35-17-34-23/h2-13,22H,14-17H2,1H3. The van der Waals surface area contributed by atoms with E-state index in [0.29, 0.717) is 22.9 Å². The van der Waals surface area contributed by atoms with E-state index in [-0.39, 0.29) is 32.3 Å². The van der Waals surface area contributed by atoms with Gasteiger partial charge in [0.25, 0.3) is 11.8 Å². The fraction of sp³-hybridized carbons (Fsp3) is 0.222. The molecule has 1 atom stereocenters. The average molecular weight is 472 g/mol. The van der Waals surface area contributed by atoms with Crippen molar-refractivity contribution in [2.24, 2.45) is 0 Å². The van der Waals surface area contributed by atoms with Crippen molar-refractivity contribution in [3.8, 4) is 17.2 Å². The second-order valence-corrected chi connectivity index (χ2v) is 8.43. The van der Waals surface area contributed by atoms with E-state index in [1.165, 1.54) is 4.90 Å². The number of fused-ring (bicyclic) bond motifs is 1. The van der Waals surface area contributed by atoms with Crippen molar-refractivity contribution in [2.45, 2.75) is 25.9 Å². The molecular weight excluding hydrogens is 448 g/mol. The molecule has 0 spiro atoms. The number of hydrogen-bond donors (Lipinski definition) is 0. The summed E-state index contributed by atoms with van der Waals surface area (Å²) in [7, 11) is 0. The van der Waals surface area contributed by atoms with Crippen LogP contribution in [0.15, 0.2) is 72.8 Å². The van der Waals surface area contributed by atoms with Crippen LogP contribution in [-0.2, 0) is 20.9 Å². The highest BCUT2D eigenvalue weighted by Crippen LogP contribution is 2.34. The first kappa shape index (κ1) is 22.5. The molecule has 5 rings (SSSR count). The number of carbonyl (C=O) groups excluding carboxylic acids is 3. The monoisotopic (exact) mass is 472 g/mol.